The molecule has 92 valence electrons. The molecule has 0 aromatic rings. The average molecular weight is 228 g/mol. The number of carbonyl (C=O) groups is 2. The number of cyclic esters (lactones) is 2. The monoisotopic (exact) mass is 228 g/mol. The fourth-order valence-electron chi connectivity index (χ4n) is 1.61. The van der Waals surface area contributed by atoms with Crippen molar-refractivity contribution in [2.24, 2.45) is 0 Å². The first-order valence-electron chi connectivity index (χ1n) is 6.10. The number of hydrogen-bond acceptors (Lipinski definition) is 4. The highest BCUT2D eigenvalue weighted by atomic mass is 16.5. The topological polar surface area (TPSA) is 52.6 Å². The van der Waals surface area contributed by atoms with Crippen LogP contribution in [0.1, 0.15) is 51.4 Å². The average Bonchev–Trinajstić information content (AvgIpc) is 2.27. The van der Waals surface area contributed by atoms with Gasteiger partial charge in [0, 0.05) is 12.8 Å². The smallest absolute Gasteiger partial charge is 0.305 e. The third-order valence-corrected chi connectivity index (χ3v) is 2.58. The molecule has 16 heavy (non-hydrogen) atoms. The molecule has 0 saturated carbocycles. The van der Waals surface area contributed by atoms with E-state index in [0.29, 0.717) is 26.1 Å². The zero-order chi connectivity index (χ0) is 11.6. The molecule has 1 aliphatic rings. The molecule has 0 N–H and O–H groups in total. The first-order valence-corrected chi connectivity index (χ1v) is 6.10. The summed E-state index contributed by atoms with van der Waals surface area (Å²) in [5, 5.41) is 0. The lowest BCUT2D eigenvalue weighted by Crippen LogP contribution is -2.09. The van der Waals surface area contributed by atoms with E-state index in [1.807, 2.05) is 0 Å². The number of hydrogen-bond donors (Lipinski definition) is 0. The van der Waals surface area contributed by atoms with Crippen molar-refractivity contribution in [2.75, 3.05) is 13.2 Å². The molecule has 1 heterocycles. The van der Waals surface area contributed by atoms with Gasteiger partial charge in [0.15, 0.2) is 0 Å². The maximum absolute atomic E-state index is 11.2. The Kier molecular flexibility index (Phi) is 6.61. The van der Waals surface area contributed by atoms with Gasteiger partial charge in [-0.15, -0.1) is 0 Å². The predicted molar refractivity (Wildman–Crippen MR) is 58.9 cm³/mol. The van der Waals surface area contributed by atoms with Crippen molar-refractivity contribution < 1.29 is 19.1 Å². The lowest BCUT2D eigenvalue weighted by molar-refractivity contribution is -0.146. The van der Waals surface area contributed by atoms with E-state index in [-0.39, 0.29) is 11.9 Å². The second kappa shape index (κ2) is 8.13. The van der Waals surface area contributed by atoms with E-state index in [1.165, 1.54) is 0 Å². The van der Waals surface area contributed by atoms with Gasteiger partial charge in [0.2, 0.25) is 0 Å². The summed E-state index contributed by atoms with van der Waals surface area (Å²) >= 11 is 0. The van der Waals surface area contributed by atoms with E-state index < -0.39 is 0 Å². The van der Waals surface area contributed by atoms with Crippen molar-refractivity contribution in [1.82, 2.24) is 0 Å². The summed E-state index contributed by atoms with van der Waals surface area (Å²) in [7, 11) is 0. The van der Waals surface area contributed by atoms with E-state index in [1.54, 1.807) is 0 Å². The van der Waals surface area contributed by atoms with Crippen molar-refractivity contribution >= 4 is 11.9 Å². The molecule has 1 rings (SSSR count). The van der Waals surface area contributed by atoms with Gasteiger partial charge in [-0.05, 0) is 38.5 Å². The minimum absolute atomic E-state index is 0.103. The van der Waals surface area contributed by atoms with E-state index in [4.69, 9.17) is 9.47 Å². The van der Waals surface area contributed by atoms with Crippen molar-refractivity contribution in [3.63, 3.8) is 0 Å². The Morgan fingerprint density at radius 2 is 1.06 bits per heavy atom. The third kappa shape index (κ3) is 6.43. The second-order valence-corrected chi connectivity index (χ2v) is 4.06. The molecule has 4 heteroatoms. The maximum atomic E-state index is 11.2. The van der Waals surface area contributed by atoms with Gasteiger partial charge in [-0.3, -0.25) is 9.59 Å². The Morgan fingerprint density at radius 3 is 1.50 bits per heavy atom. The number of ether oxygens (including phenoxy) is 2. The van der Waals surface area contributed by atoms with Crippen LogP contribution in [-0.4, -0.2) is 25.2 Å². The van der Waals surface area contributed by atoms with Crippen LogP contribution >= 0.6 is 0 Å². The van der Waals surface area contributed by atoms with Crippen LogP contribution in [0.3, 0.4) is 0 Å². The molecular weight excluding hydrogens is 208 g/mol. The van der Waals surface area contributed by atoms with Gasteiger partial charge in [-0.2, -0.15) is 0 Å². The molecule has 0 atom stereocenters. The van der Waals surface area contributed by atoms with Crippen LogP contribution in [0.15, 0.2) is 0 Å². The third-order valence-electron chi connectivity index (χ3n) is 2.58. The fourth-order valence-corrected chi connectivity index (χ4v) is 1.61. The quantitative estimate of drug-likeness (QED) is 0.596. The van der Waals surface area contributed by atoms with Crippen LogP contribution in [0.25, 0.3) is 0 Å². The van der Waals surface area contributed by atoms with E-state index in [0.717, 1.165) is 38.5 Å². The van der Waals surface area contributed by atoms with Gasteiger partial charge in [-0.25, -0.2) is 0 Å². The standard InChI is InChI=1S/C12H20O4/c13-11-7-3-1-5-9-15-12(14)8-4-2-6-10-16-11/h1-10H2. The highest BCUT2D eigenvalue weighted by Crippen LogP contribution is 2.07. The summed E-state index contributed by atoms with van der Waals surface area (Å²) in [6, 6.07) is 0. The first kappa shape index (κ1) is 13.0. The van der Waals surface area contributed by atoms with Crippen LogP contribution < -0.4 is 0 Å². The number of rotatable bonds is 0. The molecule has 0 amide bonds. The molecule has 0 radical (unpaired) electrons. The van der Waals surface area contributed by atoms with Crippen LogP contribution in [0.4, 0.5) is 0 Å². The molecule has 0 aromatic heterocycles. The Balaban J connectivity index is 2.23. The van der Waals surface area contributed by atoms with Crippen LogP contribution in [0, 0.1) is 0 Å². The molecule has 0 spiro atoms. The van der Waals surface area contributed by atoms with Crippen LogP contribution in [0.2, 0.25) is 0 Å². The zero-order valence-electron chi connectivity index (χ0n) is 9.70. The van der Waals surface area contributed by atoms with Gasteiger partial charge in [0.05, 0.1) is 13.2 Å². The normalized spacial score (nSPS) is 21.8. The molecule has 1 aliphatic heterocycles. The van der Waals surface area contributed by atoms with Crippen LogP contribution in [-0.2, 0) is 19.1 Å². The fraction of sp³-hybridized carbons (Fsp3) is 0.833. The highest BCUT2D eigenvalue weighted by Gasteiger charge is 2.06. The van der Waals surface area contributed by atoms with Gasteiger partial charge >= 0.3 is 11.9 Å². The minimum Gasteiger partial charge on any atom is -0.466 e. The molecule has 4 nitrogen and oxygen atoms in total. The van der Waals surface area contributed by atoms with Crippen molar-refractivity contribution in [2.45, 2.75) is 51.4 Å². The molecule has 0 unspecified atom stereocenters. The predicted octanol–water partition coefficient (Wildman–Crippen LogP) is 2.21. The van der Waals surface area contributed by atoms with Gasteiger partial charge in [-0.1, -0.05) is 0 Å². The SMILES string of the molecule is O=C1CCCCCOC(=O)CCCCCO1. The Morgan fingerprint density at radius 1 is 0.625 bits per heavy atom. The highest BCUT2D eigenvalue weighted by molar-refractivity contribution is 5.69. The summed E-state index contributed by atoms with van der Waals surface area (Å²) in [4.78, 5) is 22.4. The van der Waals surface area contributed by atoms with E-state index in [2.05, 4.69) is 0 Å². The summed E-state index contributed by atoms with van der Waals surface area (Å²) < 4.78 is 10.1. The van der Waals surface area contributed by atoms with Crippen molar-refractivity contribution in [1.29, 1.82) is 0 Å². The Hall–Kier alpha value is -1.06. The first-order chi connectivity index (χ1) is 7.79. The van der Waals surface area contributed by atoms with Gasteiger partial charge in [0.25, 0.3) is 0 Å². The van der Waals surface area contributed by atoms with E-state index in [9.17, 15) is 9.59 Å². The van der Waals surface area contributed by atoms with Crippen molar-refractivity contribution in [3.8, 4) is 0 Å². The molecular formula is C12H20O4. The Labute approximate surface area is 96.3 Å². The summed E-state index contributed by atoms with van der Waals surface area (Å²) in [5.41, 5.74) is 0. The Bertz CT molecular complexity index is 181. The summed E-state index contributed by atoms with van der Waals surface area (Å²) in [6.45, 7) is 0.960. The van der Waals surface area contributed by atoms with Gasteiger partial charge in [0.1, 0.15) is 0 Å². The largest absolute Gasteiger partial charge is 0.466 e. The molecule has 0 bridgehead atoms. The number of esters is 2. The zero-order valence-corrected chi connectivity index (χ0v) is 9.70. The maximum Gasteiger partial charge on any atom is 0.305 e. The summed E-state index contributed by atoms with van der Waals surface area (Å²) in [5.74, 6) is -0.205. The molecule has 0 aliphatic carbocycles. The van der Waals surface area contributed by atoms with Crippen molar-refractivity contribution in [3.05, 3.63) is 0 Å². The molecule has 0 aromatic carbocycles. The summed E-state index contributed by atoms with van der Waals surface area (Å²) in [6.07, 6.45) is 6.07. The van der Waals surface area contributed by atoms with E-state index >= 15 is 0 Å². The molecule has 1 saturated heterocycles. The second-order valence-electron chi connectivity index (χ2n) is 4.06. The lowest BCUT2D eigenvalue weighted by Gasteiger charge is -2.07. The minimum atomic E-state index is -0.103. The van der Waals surface area contributed by atoms with Crippen LogP contribution in [0.5, 0.6) is 0 Å². The molecule has 1 fully saturated rings. The number of carbonyl (C=O) groups excluding carboxylic acids is 2. The lowest BCUT2D eigenvalue weighted by atomic mass is 10.2. The van der Waals surface area contributed by atoms with Gasteiger partial charge < -0.3 is 9.47 Å².